The summed E-state index contributed by atoms with van der Waals surface area (Å²) in [5.74, 6) is 0. The molecule has 2 N–H and O–H groups in total. The molecule has 6 heteroatoms. The Hall–Kier alpha value is -2.73. The predicted molar refractivity (Wildman–Crippen MR) is 102 cm³/mol. The predicted octanol–water partition coefficient (Wildman–Crippen LogP) is 3.36. The van der Waals surface area contributed by atoms with E-state index < -0.39 is 6.09 Å². The molecule has 0 unspecified atom stereocenters. The summed E-state index contributed by atoms with van der Waals surface area (Å²) >= 11 is 0. The van der Waals surface area contributed by atoms with Crippen LogP contribution in [0.4, 0.5) is 27.5 Å². The summed E-state index contributed by atoms with van der Waals surface area (Å²) in [5, 5.41) is 6.00. The van der Waals surface area contributed by atoms with Crippen LogP contribution in [0.2, 0.25) is 0 Å². The standard InChI is InChI=1S/C19H24N4O2/c1-22-11-13-23(14-12-22)18-9-7-16(8-10-18)20-15-3-5-17(6-4-15)21-19(24)25-2/h3-10,20H,11-14H2,1-2H3,(H,21,24). The van der Waals surface area contributed by atoms with Gasteiger partial charge in [0, 0.05) is 48.9 Å². The number of nitrogens with one attached hydrogen (secondary N) is 2. The fourth-order valence-electron chi connectivity index (χ4n) is 2.79. The molecule has 0 atom stereocenters. The Bertz CT molecular complexity index is 692. The summed E-state index contributed by atoms with van der Waals surface area (Å²) in [7, 11) is 3.51. The fraction of sp³-hybridized carbons (Fsp3) is 0.316. The zero-order valence-corrected chi connectivity index (χ0v) is 14.7. The van der Waals surface area contributed by atoms with Crippen molar-refractivity contribution in [2.24, 2.45) is 0 Å². The number of anilines is 4. The first kappa shape index (κ1) is 17.1. The Labute approximate surface area is 148 Å². The van der Waals surface area contributed by atoms with Gasteiger partial charge in [-0.15, -0.1) is 0 Å². The molecule has 1 heterocycles. The maximum Gasteiger partial charge on any atom is 0.411 e. The highest BCUT2D eigenvalue weighted by molar-refractivity contribution is 5.84. The molecule has 1 aliphatic rings. The van der Waals surface area contributed by atoms with Gasteiger partial charge in [0.05, 0.1) is 7.11 Å². The number of piperazine rings is 1. The third-order valence-corrected chi connectivity index (χ3v) is 4.34. The van der Waals surface area contributed by atoms with Crippen LogP contribution in [0.5, 0.6) is 0 Å². The molecule has 6 nitrogen and oxygen atoms in total. The van der Waals surface area contributed by atoms with Gasteiger partial charge in [-0.05, 0) is 55.6 Å². The second-order valence-electron chi connectivity index (χ2n) is 6.16. The van der Waals surface area contributed by atoms with E-state index in [2.05, 4.69) is 56.5 Å². The molecule has 0 saturated carbocycles. The van der Waals surface area contributed by atoms with Crippen molar-refractivity contribution in [2.45, 2.75) is 0 Å². The second-order valence-corrected chi connectivity index (χ2v) is 6.16. The summed E-state index contributed by atoms with van der Waals surface area (Å²) in [5.41, 5.74) is 3.95. The van der Waals surface area contributed by atoms with Crippen LogP contribution in [0.3, 0.4) is 0 Å². The molecule has 0 aromatic heterocycles. The van der Waals surface area contributed by atoms with Crippen molar-refractivity contribution in [3.63, 3.8) is 0 Å². The maximum absolute atomic E-state index is 11.2. The lowest BCUT2D eigenvalue weighted by Gasteiger charge is -2.34. The largest absolute Gasteiger partial charge is 0.453 e. The minimum atomic E-state index is -0.472. The number of benzene rings is 2. The zero-order chi connectivity index (χ0) is 17.6. The molecule has 0 aliphatic carbocycles. The molecule has 2 aromatic carbocycles. The Morgan fingerprint density at radius 2 is 1.40 bits per heavy atom. The van der Waals surface area contributed by atoms with Crippen molar-refractivity contribution in [2.75, 3.05) is 55.9 Å². The first-order chi connectivity index (χ1) is 12.1. The smallest absolute Gasteiger partial charge is 0.411 e. The van der Waals surface area contributed by atoms with Crippen LogP contribution in [0.1, 0.15) is 0 Å². The van der Waals surface area contributed by atoms with E-state index in [1.54, 1.807) is 0 Å². The molecular formula is C19H24N4O2. The van der Waals surface area contributed by atoms with Gasteiger partial charge < -0.3 is 19.9 Å². The number of nitrogens with zero attached hydrogens (tertiary/aromatic N) is 2. The van der Waals surface area contributed by atoms with Crippen LogP contribution in [0.25, 0.3) is 0 Å². The number of rotatable bonds is 4. The van der Waals surface area contributed by atoms with E-state index in [0.717, 1.165) is 37.6 Å². The molecule has 132 valence electrons. The Balaban J connectivity index is 1.58. The maximum atomic E-state index is 11.2. The van der Waals surface area contributed by atoms with Crippen molar-refractivity contribution in [3.8, 4) is 0 Å². The lowest BCUT2D eigenvalue weighted by molar-refractivity contribution is 0.187. The lowest BCUT2D eigenvalue weighted by Crippen LogP contribution is -2.44. The van der Waals surface area contributed by atoms with Gasteiger partial charge in [-0.2, -0.15) is 0 Å². The summed E-state index contributed by atoms with van der Waals surface area (Å²) < 4.78 is 4.57. The van der Waals surface area contributed by atoms with E-state index in [4.69, 9.17) is 0 Å². The molecule has 1 saturated heterocycles. The van der Waals surface area contributed by atoms with E-state index in [-0.39, 0.29) is 0 Å². The molecule has 2 aromatic rings. The summed E-state index contributed by atoms with van der Waals surface area (Å²) in [6.45, 7) is 4.34. The minimum absolute atomic E-state index is 0.472. The van der Waals surface area contributed by atoms with E-state index in [1.807, 2.05) is 24.3 Å². The van der Waals surface area contributed by atoms with E-state index in [0.29, 0.717) is 5.69 Å². The highest BCUT2D eigenvalue weighted by Crippen LogP contribution is 2.23. The van der Waals surface area contributed by atoms with Crippen LogP contribution in [-0.4, -0.2) is 51.3 Å². The van der Waals surface area contributed by atoms with E-state index in [1.165, 1.54) is 12.8 Å². The third-order valence-electron chi connectivity index (χ3n) is 4.34. The van der Waals surface area contributed by atoms with Gasteiger partial charge in [-0.1, -0.05) is 0 Å². The van der Waals surface area contributed by atoms with Gasteiger partial charge in [-0.25, -0.2) is 4.79 Å². The van der Waals surface area contributed by atoms with Crippen molar-refractivity contribution >= 4 is 28.8 Å². The van der Waals surface area contributed by atoms with Gasteiger partial charge in [-0.3, -0.25) is 5.32 Å². The first-order valence-corrected chi connectivity index (χ1v) is 8.39. The van der Waals surface area contributed by atoms with E-state index >= 15 is 0 Å². The second kappa shape index (κ2) is 7.90. The number of ether oxygens (including phenoxy) is 1. The van der Waals surface area contributed by atoms with Crippen LogP contribution in [0, 0.1) is 0 Å². The van der Waals surface area contributed by atoms with Crippen molar-refractivity contribution in [1.82, 2.24) is 4.90 Å². The van der Waals surface area contributed by atoms with Gasteiger partial charge >= 0.3 is 6.09 Å². The quantitative estimate of drug-likeness (QED) is 0.894. The summed E-state index contributed by atoms with van der Waals surface area (Å²) in [4.78, 5) is 15.9. The molecule has 25 heavy (non-hydrogen) atoms. The fourth-order valence-corrected chi connectivity index (χ4v) is 2.79. The van der Waals surface area contributed by atoms with Gasteiger partial charge in [0.25, 0.3) is 0 Å². The minimum Gasteiger partial charge on any atom is -0.453 e. The SMILES string of the molecule is COC(=O)Nc1ccc(Nc2ccc(N3CCN(C)CC3)cc2)cc1. The molecule has 1 fully saturated rings. The van der Waals surface area contributed by atoms with Crippen LogP contribution < -0.4 is 15.5 Å². The number of likely N-dealkylation sites (N-methyl/N-ethyl adjacent to an activating group) is 1. The lowest BCUT2D eigenvalue weighted by atomic mass is 10.2. The van der Waals surface area contributed by atoms with Gasteiger partial charge in [0.1, 0.15) is 0 Å². The monoisotopic (exact) mass is 340 g/mol. The molecular weight excluding hydrogens is 316 g/mol. The van der Waals surface area contributed by atoms with Crippen molar-refractivity contribution in [3.05, 3.63) is 48.5 Å². The third kappa shape index (κ3) is 4.64. The van der Waals surface area contributed by atoms with Crippen LogP contribution in [0.15, 0.2) is 48.5 Å². The molecule has 1 amide bonds. The van der Waals surface area contributed by atoms with Crippen LogP contribution in [-0.2, 0) is 4.74 Å². The number of hydrogen-bond donors (Lipinski definition) is 2. The normalized spacial score (nSPS) is 14.9. The Morgan fingerprint density at radius 3 is 1.96 bits per heavy atom. The molecule has 3 rings (SSSR count). The van der Waals surface area contributed by atoms with Crippen molar-refractivity contribution in [1.29, 1.82) is 0 Å². The highest BCUT2D eigenvalue weighted by Gasteiger charge is 2.13. The number of methoxy groups -OCH3 is 1. The van der Waals surface area contributed by atoms with Gasteiger partial charge in [0.2, 0.25) is 0 Å². The van der Waals surface area contributed by atoms with Crippen molar-refractivity contribution < 1.29 is 9.53 Å². The molecule has 0 spiro atoms. The van der Waals surface area contributed by atoms with E-state index in [9.17, 15) is 4.79 Å². The highest BCUT2D eigenvalue weighted by atomic mass is 16.5. The zero-order valence-electron chi connectivity index (χ0n) is 14.7. The number of amides is 1. The number of carbonyl (C=O) groups is 1. The average Bonchev–Trinajstić information content (AvgIpc) is 2.64. The molecule has 0 radical (unpaired) electrons. The summed E-state index contributed by atoms with van der Waals surface area (Å²) in [6.07, 6.45) is -0.472. The molecule has 1 aliphatic heterocycles. The van der Waals surface area contributed by atoms with Crippen LogP contribution >= 0.6 is 0 Å². The molecule has 0 bridgehead atoms. The number of hydrogen-bond acceptors (Lipinski definition) is 5. The number of carbonyl (C=O) groups excluding carboxylic acids is 1. The topological polar surface area (TPSA) is 56.8 Å². The Morgan fingerprint density at radius 1 is 0.880 bits per heavy atom. The average molecular weight is 340 g/mol. The summed E-state index contributed by atoms with van der Waals surface area (Å²) in [6, 6.07) is 16.0. The Kier molecular flexibility index (Phi) is 5.40. The first-order valence-electron chi connectivity index (χ1n) is 8.39. The van der Waals surface area contributed by atoms with Gasteiger partial charge in [0.15, 0.2) is 0 Å².